The highest BCUT2D eigenvalue weighted by atomic mass is 19.4. The summed E-state index contributed by atoms with van der Waals surface area (Å²) in [7, 11) is 1.83. The lowest BCUT2D eigenvalue weighted by Crippen LogP contribution is -2.39. The monoisotopic (exact) mass is 643 g/mol. The number of likely N-dealkylation sites (tertiary alicyclic amines) is 1. The van der Waals surface area contributed by atoms with E-state index in [9.17, 15) is 22.4 Å². The van der Waals surface area contributed by atoms with E-state index in [2.05, 4.69) is 32.6 Å². The lowest BCUT2D eigenvalue weighted by atomic mass is 9.95. The Labute approximate surface area is 269 Å². The zero-order valence-corrected chi connectivity index (χ0v) is 26.1. The van der Waals surface area contributed by atoms with Gasteiger partial charge in [-0.1, -0.05) is 18.1 Å². The van der Waals surface area contributed by atoms with E-state index in [1.165, 1.54) is 19.1 Å². The van der Waals surface area contributed by atoms with Gasteiger partial charge in [-0.15, -0.1) is 0 Å². The molecule has 1 saturated heterocycles. The number of alkyl halides is 4. The van der Waals surface area contributed by atoms with Gasteiger partial charge in [0.15, 0.2) is 5.65 Å². The number of nitrogens with zero attached hydrogens (tertiary/aromatic N) is 5. The van der Waals surface area contributed by atoms with Gasteiger partial charge in [0.2, 0.25) is 0 Å². The molecular formula is C35H33F4N7O. The first-order valence-corrected chi connectivity index (χ1v) is 15.1. The number of rotatable bonds is 6. The number of carbonyl (C=O) groups excluding carboxylic acids is 1. The SMILES string of the molecule is Cc1ccc(C(=O)Nc2ccc(CN3CCC(C)(F)CC3)c(C(F)(F)F)c2)cc1C#Cc1cnc2c(Nc3cnn(C)c3)cccn12. The number of hydrogen-bond acceptors (Lipinski definition) is 5. The van der Waals surface area contributed by atoms with Crippen molar-refractivity contribution in [2.24, 2.45) is 7.05 Å². The molecule has 0 bridgehead atoms. The van der Waals surface area contributed by atoms with E-state index in [1.54, 1.807) is 35.3 Å². The summed E-state index contributed by atoms with van der Waals surface area (Å²) in [5.74, 6) is 5.68. The average Bonchev–Trinajstić information content (AvgIpc) is 3.64. The number of pyridine rings is 1. The number of halogens is 4. The number of hydrogen-bond donors (Lipinski definition) is 2. The molecule has 0 radical (unpaired) electrons. The van der Waals surface area contributed by atoms with Crippen molar-refractivity contribution in [2.75, 3.05) is 23.7 Å². The molecule has 5 aromatic rings. The molecule has 12 heteroatoms. The highest BCUT2D eigenvalue weighted by molar-refractivity contribution is 6.04. The van der Waals surface area contributed by atoms with E-state index < -0.39 is 23.3 Å². The summed E-state index contributed by atoms with van der Waals surface area (Å²) in [5, 5.41) is 10.1. The van der Waals surface area contributed by atoms with Crippen LogP contribution in [0.3, 0.4) is 0 Å². The normalized spacial score (nSPS) is 14.9. The zero-order chi connectivity index (χ0) is 33.3. The fraction of sp³-hybridized carbons (Fsp3) is 0.286. The van der Waals surface area contributed by atoms with Crippen molar-refractivity contribution in [3.8, 4) is 11.8 Å². The number of piperidine rings is 1. The van der Waals surface area contributed by atoms with Gasteiger partial charge in [0.1, 0.15) is 11.4 Å². The summed E-state index contributed by atoms with van der Waals surface area (Å²) in [4.78, 5) is 19.5. The minimum absolute atomic E-state index is 0.0238. The van der Waals surface area contributed by atoms with Crippen molar-refractivity contribution >= 4 is 28.6 Å². The quantitative estimate of drug-likeness (QED) is 0.152. The predicted molar refractivity (Wildman–Crippen MR) is 172 cm³/mol. The number of anilines is 3. The topological polar surface area (TPSA) is 79.5 Å². The highest BCUT2D eigenvalue weighted by Crippen LogP contribution is 2.36. The van der Waals surface area contributed by atoms with Gasteiger partial charge in [0.05, 0.1) is 29.3 Å². The largest absolute Gasteiger partial charge is 0.416 e. The minimum atomic E-state index is -4.62. The molecule has 47 heavy (non-hydrogen) atoms. The Balaban J connectivity index is 1.19. The molecule has 0 aliphatic carbocycles. The van der Waals surface area contributed by atoms with Crippen molar-refractivity contribution in [2.45, 2.75) is 45.1 Å². The lowest BCUT2D eigenvalue weighted by molar-refractivity contribution is -0.138. The molecule has 0 spiro atoms. The van der Waals surface area contributed by atoms with E-state index in [0.717, 1.165) is 23.0 Å². The molecule has 242 valence electrons. The molecule has 2 N–H and O–H groups in total. The molecule has 1 amide bonds. The molecule has 4 heterocycles. The molecule has 0 unspecified atom stereocenters. The van der Waals surface area contributed by atoms with Crippen LogP contribution in [0.2, 0.25) is 0 Å². The second kappa shape index (κ2) is 12.6. The maximum Gasteiger partial charge on any atom is 0.416 e. The Bertz CT molecular complexity index is 2010. The van der Waals surface area contributed by atoms with Crippen molar-refractivity contribution in [3.63, 3.8) is 0 Å². The van der Waals surface area contributed by atoms with Crippen LogP contribution in [0.5, 0.6) is 0 Å². The number of nitrogens with one attached hydrogen (secondary N) is 2. The number of aryl methyl sites for hydroxylation is 2. The van der Waals surface area contributed by atoms with Crippen LogP contribution in [-0.4, -0.2) is 48.7 Å². The molecule has 1 aliphatic rings. The number of aromatic nitrogens is 4. The summed E-state index contributed by atoms with van der Waals surface area (Å²) in [6.07, 6.45) is 3.00. The van der Waals surface area contributed by atoms with E-state index in [0.29, 0.717) is 30.0 Å². The Morgan fingerprint density at radius 1 is 1.04 bits per heavy atom. The first-order valence-electron chi connectivity index (χ1n) is 15.1. The van der Waals surface area contributed by atoms with Crippen LogP contribution in [0.4, 0.5) is 34.6 Å². The molecule has 1 aliphatic heterocycles. The van der Waals surface area contributed by atoms with Crippen LogP contribution < -0.4 is 10.6 Å². The van der Waals surface area contributed by atoms with Crippen LogP contribution in [0.15, 0.2) is 73.3 Å². The molecule has 1 fully saturated rings. The van der Waals surface area contributed by atoms with E-state index in [-0.39, 0.29) is 36.2 Å². The third-order valence-electron chi connectivity index (χ3n) is 8.31. The number of benzene rings is 2. The highest BCUT2D eigenvalue weighted by Gasteiger charge is 2.35. The average molecular weight is 644 g/mol. The Hall–Kier alpha value is -5.15. The van der Waals surface area contributed by atoms with Crippen molar-refractivity contribution in [3.05, 3.63) is 107 Å². The van der Waals surface area contributed by atoms with Crippen LogP contribution in [0.25, 0.3) is 5.65 Å². The molecule has 3 aromatic heterocycles. The van der Waals surface area contributed by atoms with Crippen LogP contribution in [0.1, 0.15) is 58.1 Å². The third kappa shape index (κ3) is 7.31. The van der Waals surface area contributed by atoms with Crippen LogP contribution in [-0.2, 0) is 19.8 Å². The standard InChI is InChI=1S/C35H33F4N7O/c1-23-6-7-25(17-24(23)9-11-29-20-40-32-31(5-4-14-46(29)32)42-28-19-41-44(3)22-28)33(47)43-27-10-8-26(30(18-27)35(37,38)39)21-45-15-12-34(2,36)13-16-45/h4-8,10,14,17-20,22,42H,12-13,15-16,21H2,1-3H3,(H,43,47). The second-order valence-electron chi connectivity index (χ2n) is 12.1. The first-order chi connectivity index (χ1) is 22.3. The van der Waals surface area contributed by atoms with Gasteiger partial charge >= 0.3 is 6.18 Å². The summed E-state index contributed by atoms with van der Waals surface area (Å²) < 4.78 is 59.9. The van der Waals surface area contributed by atoms with Gasteiger partial charge in [-0.05, 0) is 80.1 Å². The fourth-order valence-corrected chi connectivity index (χ4v) is 5.55. The summed E-state index contributed by atoms with van der Waals surface area (Å²) in [5.41, 5.74) is 2.56. The van der Waals surface area contributed by atoms with Gasteiger partial charge in [-0.2, -0.15) is 18.3 Å². The van der Waals surface area contributed by atoms with E-state index in [4.69, 9.17) is 0 Å². The molecular weight excluding hydrogens is 610 g/mol. The Kier molecular flexibility index (Phi) is 8.51. The fourth-order valence-electron chi connectivity index (χ4n) is 5.55. The third-order valence-corrected chi connectivity index (χ3v) is 8.31. The van der Waals surface area contributed by atoms with Gasteiger partial charge in [0, 0.05) is 55.9 Å². The smallest absolute Gasteiger partial charge is 0.350 e. The number of carbonyl (C=O) groups is 1. The Morgan fingerprint density at radius 2 is 1.83 bits per heavy atom. The Morgan fingerprint density at radius 3 is 2.55 bits per heavy atom. The zero-order valence-electron chi connectivity index (χ0n) is 26.1. The summed E-state index contributed by atoms with van der Waals surface area (Å²) in [6, 6.07) is 12.5. The molecule has 0 saturated carbocycles. The maximum absolute atomic E-state index is 14.2. The lowest BCUT2D eigenvalue weighted by Gasteiger charge is -2.34. The van der Waals surface area contributed by atoms with E-state index >= 15 is 0 Å². The maximum atomic E-state index is 14.2. The molecule has 6 rings (SSSR count). The summed E-state index contributed by atoms with van der Waals surface area (Å²) >= 11 is 0. The van der Waals surface area contributed by atoms with Crippen molar-refractivity contribution in [1.29, 1.82) is 0 Å². The van der Waals surface area contributed by atoms with Crippen molar-refractivity contribution < 1.29 is 22.4 Å². The first kappa shape index (κ1) is 31.8. The molecule has 2 aromatic carbocycles. The molecule has 0 atom stereocenters. The second-order valence-corrected chi connectivity index (χ2v) is 12.1. The van der Waals surface area contributed by atoms with E-state index in [1.807, 2.05) is 47.8 Å². The predicted octanol–water partition coefficient (Wildman–Crippen LogP) is 7.11. The van der Waals surface area contributed by atoms with Crippen molar-refractivity contribution in [1.82, 2.24) is 24.1 Å². The number of amides is 1. The van der Waals surface area contributed by atoms with Crippen LogP contribution >= 0.6 is 0 Å². The number of fused-ring (bicyclic) bond motifs is 1. The number of imidazole rings is 1. The van der Waals surface area contributed by atoms with Gasteiger partial charge in [0.25, 0.3) is 5.91 Å². The van der Waals surface area contributed by atoms with Gasteiger partial charge < -0.3 is 10.6 Å². The minimum Gasteiger partial charge on any atom is -0.350 e. The van der Waals surface area contributed by atoms with Crippen LogP contribution in [0, 0.1) is 18.8 Å². The van der Waals surface area contributed by atoms with Gasteiger partial charge in [-0.3, -0.25) is 18.8 Å². The summed E-state index contributed by atoms with van der Waals surface area (Å²) in [6.45, 7) is 4.19. The molecule has 8 nitrogen and oxygen atoms in total. The van der Waals surface area contributed by atoms with Gasteiger partial charge in [-0.25, -0.2) is 9.37 Å².